The lowest BCUT2D eigenvalue weighted by Crippen LogP contribution is -2.57. The molecule has 0 saturated carbocycles. The van der Waals surface area contributed by atoms with Crippen molar-refractivity contribution in [2.75, 3.05) is 20.1 Å². The van der Waals surface area contributed by atoms with E-state index in [0.717, 1.165) is 23.4 Å². The molecule has 3 rings (SSSR count). The zero-order chi connectivity index (χ0) is 20.5. The lowest BCUT2D eigenvalue weighted by atomic mass is 9.90. The summed E-state index contributed by atoms with van der Waals surface area (Å²) < 4.78 is 28.3. The number of amides is 1. The normalized spacial score (nSPS) is 20.2. The number of hydrogen-bond acceptors (Lipinski definition) is 4. The highest BCUT2D eigenvalue weighted by molar-refractivity contribution is 5.86. The molecule has 1 aliphatic heterocycles. The molecule has 0 radical (unpaired) electrons. The number of likely N-dealkylation sites (N-methyl/N-ethyl adjacent to an activating group) is 1. The SMILES string of the molecule is Cc1nn(C)cc1CN(C)C[C@@]1(O)CCCN(Cc2ccc(F)c(F)c2)C1=O. The number of aryl methyl sites for hydroxylation is 2. The van der Waals surface area contributed by atoms with Crippen molar-refractivity contribution in [2.45, 2.75) is 38.5 Å². The van der Waals surface area contributed by atoms with Crippen LogP contribution in [0.3, 0.4) is 0 Å². The lowest BCUT2D eigenvalue weighted by Gasteiger charge is -2.40. The summed E-state index contributed by atoms with van der Waals surface area (Å²) >= 11 is 0. The number of carbonyl (C=O) groups is 1. The van der Waals surface area contributed by atoms with Crippen molar-refractivity contribution in [2.24, 2.45) is 7.05 Å². The van der Waals surface area contributed by atoms with Crippen LogP contribution in [0, 0.1) is 18.6 Å². The monoisotopic (exact) mass is 392 g/mol. The third kappa shape index (κ3) is 4.39. The molecule has 0 bridgehead atoms. The van der Waals surface area contributed by atoms with E-state index in [-0.39, 0.29) is 19.0 Å². The van der Waals surface area contributed by atoms with Gasteiger partial charge in [0.1, 0.15) is 0 Å². The van der Waals surface area contributed by atoms with Gasteiger partial charge in [-0.25, -0.2) is 8.78 Å². The van der Waals surface area contributed by atoms with Crippen LogP contribution in [0.5, 0.6) is 0 Å². The Hall–Kier alpha value is -2.32. The lowest BCUT2D eigenvalue weighted by molar-refractivity contribution is -0.160. The topological polar surface area (TPSA) is 61.6 Å². The molecule has 0 aliphatic carbocycles. The highest BCUT2D eigenvalue weighted by Gasteiger charge is 2.42. The summed E-state index contributed by atoms with van der Waals surface area (Å²) in [6, 6.07) is 3.60. The Labute approximate surface area is 163 Å². The third-order valence-electron chi connectivity index (χ3n) is 5.15. The van der Waals surface area contributed by atoms with E-state index < -0.39 is 17.2 Å². The minimum Gasteiger partial charge on any atom is -0.379 e. The van der Waals surface area contributed by atoms with Crippen molar-refractivity contribution in [3.05, 3.63) is 52.9 Å². The molecule has 28 heavy (non-hydrogen) atoms. The molecule has 6 nitrogen and oxygen atoms in total. The number of nitrogens with zero attached hydrogens (tertiary/aromatic N) is 4. The maximum absolute atomic E-state index is 13.5. The van der Waals surface area contributed by atoms with Crippen molar-refractivity contribution >= 4 is 5.91 Å². The summed E-state index contributed by atoms with van der Waals surface area (Å²) in [6.45, 7) is 3.30. The van der Waals surface area contributed by atoms with Gasteiger partial charge in [0.05, 0.1) is 5.69 Å². The summed E-state index contributed by atoms with van der Waals surface area (Å²) in [7, 11) is 3.71. The van der Waals surface area contributed by atoms with Crippen LogP contribution in [0.15, 0.2) is 24.4 Å². The second-order valence-corrected chi connectivity index (χ2v) is 7.70. The molecule has 8 heteroatoms. The summed E-state index contributed by atoms with van der Waals surface area (Å²) in [5, 5.41) is 15.3. The number of rotatable bonds is 6. The van der Waals surface area contributed by atoms with E-state index in [1.165, 1.54) is 11.0 Å². The van der Waals surface area contributed by atoms with Crippen LogP contribution in [0.2, 0.25) is 0 Å². The van der Waals surface area contributed by atoms with Crippen molar-refractivity contribution in [3.63, 3.8) is 0 Å². The number of hydrogen-bond donors (Lipinski definition) is 1. The second kappa shape index (κ2) is 7.97. The second-order valence-electron chi connectivity index (χ2n) is 7.70. The van der Waals surface area contributed by atoms with Crippen molar-refractivity contribution in [3.8, 4) is 0 Å². The van der Waals surface area contributed by atoms with Crippen LogP contribution in [0.1, 0.15) is 29.7 Å². The number of aliphatic hydroxyl groups is 1. The molecule has 1 saturated heterocycles. The standard InChI is InChI=1S/C20H26F2N4O2/c1-14-16(12-25(3)23-14)11-24(2)13-20(28)7-4-8-26(19(20)27)10-15-5-6-17(21)18(22)9-15/h5-6,9,12,28H,4,7-8,10-11,13H2,1-3H3/t20-/m0/s1. The molecule has 2 heterocycles. The van der Waals surface area contributed by atoms with Gasteiger partial charge in [-0.3, -0.25) is 14.4 Å². The molecule has 1 amide bonds. The number of aromatic nitrogens is 2. The van der Waals surface area contributed by atoms with Gasteiger partial charge >= 0.3 is 0 Å². The van der Waals surface area contributed by atoms with Gasteiger partial charge in [0.25, 0.3) is 5.91 Å². The quantitative estimate of drug-likeness (QED) is 0.817. The van der Waals surface area contributed by atoms with E-state index in [4.69, 9.17) is 0 Å². The first kappa shape index (κ1) is 20.4. The molecule has 1 aromatic carbocycles. The third-order valence-corrected chi connectivity index (χ3v) is 5.15. The number of halogens is 2. The Morgan fingerprint density at radius 3 is 2.71 bits per heavy atom. The van der Waals surface area contributed by atoms with Gasteiger partial charge in [-0.15, -0.1) is 0 Å². The first-order valence-corrected chi connectivity index (χ1v) is 9.31. The Morgan fingerprint density at radius 2 is 2.07 bits per heavy atom. The maximum Gasteiger partial charge on any atom is 0.256 e. The van der Waals surface area contributed by atoms with Crippen LogP contribution < -0.4 is 0 Å². The molecule has 152 valence electrons. The Bertz CT molecular complexity index is 870. The van der Waals surface area contributed by atoms with E-state index in [1.54, 1.807) is 4.68 Å². The van der Waals surface area contributed by atoms with Crippen molar-refractivity contribution in [1.29, 1.82) is 0 Å². The smallest absolute Gasteiger partial charge is 0.256 e. The fourth-order valence-corrected chi connectivity index (χ4v) is 3.82. The van der Waals surface area contributed by atoms with Crippen LogP contribution in [-0.4, -0.2) is 56.3 Å². The number of piperidine rings is 1. The molecule has 1 aliphatic rings. The first-order valence-electron chi connectivity index (χ1n) is 9.31. The molecule has 1 atom stereocenters. The van der Waals surface area contributed by atoms with Gasteiger partial charge in [0, 0.05) is 45.0 Å². The molecular formula is C20H26F2N4O2. The Kier molecular flexibility index (Phi) is 5.81. The molecule has 1 aromatic heterocycles. The maximum atomic E-state index is 13.5. The summed E-state index contributed by atoms with van der Waals surface area (Å²) in [5.41, 5.74) is 0.949. The molecule has 2 aromatic rings. The van der Waals surface area contributed by atoms with Gasteiger partial charge < -0.3 is 10.0 Å². The highest BCUT2D eigenvalue weighted by atomic mass is 19.2. The van der Waals surface area contributed by atoms with Gasteiger partial charge in [0.15, 0.2) is 17.2 Å². The average Bonchev–Trinajstić information content (AvgIpc) is 2.92. The molecule has 0 spiro atoms. The first-order chi connectivity index (χ1) is 13.2. The van der Waals surface area contributed by atoms with E-state index >= 15 is 0 Å². The predicted molar refractivity (Wildman–Crippen MR) is 100 cm³/mol. The van der Waals surface area contributed by atoms with Crippen molar-refractivity contribution < 1.29 is 18.7 Å². The van der Waals surface area contributed by atoms with Gasteiger partial charge in [-0.2, -0.15) is 5.10 Å². The minimum absolute atomic E-state index is 0.143. The van der Waals surface area contributed by atoms with E-state index in [9.17, 15) is 18.7 Å². The number of carbonyl (C=O) groups excluding carboxylic acids is 1. The van der Waals surface area contributed by atoms with Gasteiger partial charge in [0.2, 0.25) is 0 Å². The molecule has 0 unspecified atom stereocenters. The van der Waals surface area contributed by atoms with Crippen LogP contribution >= 0.6 is 0 Å². The zero-order valence-corrected chi connectivity index (χ0v) is 16.5. The molecule has 1 fully saturated rings. The number of likely N-dealkylation sites (tertiary alicyclic amines) is 1. The fraction of sp³-hybridized carbons (Fsp3) is 0.500. The Balaban J connectivity index is 1.67. The summed E-state index contributed by atoms with van der Waals surface area (Å²) in [4.78, 5) is 16.3. The van der Waals surface area contributed by atoms with Gasteiger partial charge in [-0.1, -0.05) is 6.07 Å². The largest absolute Gasteiger partial charge is 0.379 e. The van der Waals surface area contributed by atoms with E-state index in [1.807, 2.05) is 32.1 Å². The van der Waals surface area contributed by atoms with Crippen LogP contribution in [-0.2, 0) is 24.9 Å². The molecular weight excluding hydrogens is 366 g/mol. The molecule has 1 N–H and O–H groups in total. The van der Waals surface area contributed by atoms with E-state index in [2.05, 4.69) is 5.10 Å². The zero-order valence-electron chi connectivity index (χ0n) is 16.5. The fourth-order valence-electron chi connectivity index (χ4n) is 3.82. The van der Waals surface area contributed by atoms with Crippen LogP contribution in [0.25, 0.3) is 0 Å². The number of benzene rings is 1. The summed E-state index contributed by atoms with van der Waals surface area (Å²) in [6.07, 6.45) is 2.94. The van der Waals surface area contributed by atoms with Crippen LogP contribution in [0.4, 0.5) is 8.78 Å². The van der Waals surface area contributed by atoms with Crippen molar-refractivity contribution in [1.82, 2.24) is 19.6 Å². The Morgan fingerprint density at radius 1 is 1.32 bits per heavy atom. The average molecular weight is 392 g/mol. The predicted octanol–water partition coefficient (Wildman–Crippen LogP) is 1.99. The van der Waals surface area contributed by atoms with Gasteiger partial charge in [-0.05, 0) is 44.5 Å². The summed E-state index contributed by atoms with van der Waals surface area (Å²) in [5.74, 6) is -2.24. The minimum atomic E-state index is -1.50. The highest BCUT2D eigenvalue weighted by Crippen LogP contribution is 2.26. The van der Waals surface area contributed by atoms with E-state index in [0.29, 0.717) is 31.5 Å².